The zero-order valence-corrected chi connectivity index (χ0v) is 12.1. The lowest BCUT2D eigenvalue weighted by molar-refractivity contribution is 0.201. The lowest BCUT2D eigenvalue weighted by atomic mass is 9.98. The summed E-state index contributed by atoms with van der Waals surface area (Å²) in [6, 6.07) is 0. The third-order valence-electron chi connectivity index (χ3n) is 3.74. The summed E-state index contributed by atoms with van der Waals surface area (Å²) in [6.07, 6.45) is 10.7. The van der Waals surface area contributed by atoms with Gasteiger partial charge in [0.25, 0.3) is 0 Å². The van der Waals surface area contributed by atoms with Crippen molar-refractivity contribution in [2.75, 3.05) is 19.6 Å². The molecule has 100 valence electrons. The molecular formula is C14H28N2S. The maximum Gasteiger partial charge on any atom is 0.0771 e. The van der Waals surface area contributed by atoms with Gasteiger partial charge in [0.15, 0.2) is 0 Å². The average Bonchev–Trinajstić information content (AvgIpc) is 2.34. The number of thiocarbonyl (C=S) groups is 1. The monoisotopic (exact) mass is 256 g/mol. The number of nitrogens with zero attached hydrogens (tertiary/aromatic N) is 1. The van der Waals surface area contributed by atoms with E-state index in [1.54, 1.807) is 0 Å². The van der Waals surface area contributed by atoms with Gasteiger partial charge in [-0.05, 0) is 32.4 Å². The molecule has 1 saturated heterocycles. The molecular weight excluding hydrogens is 228 g/mol. The number of hydrogen-bond acceptors (Lipinski definition) is 2. The SMILES string of the molecule is CCCCCCCCN1CCCC(C(N)=S)C1. The van der Waals surface area contributed by atoms with E-state index in [9.17, 15) is 0 Å². The van der Waals surface area contributed by atoms with Gasteiger partial charge in [-0.2, -0.15) is 0 Å². The highest BCUT2D eigenvalue weighted by molar-refractivity contribution is 7.80. The number of unbranched alkanes of at least 4 members (excludes halogenated alkanes) is 5. The fourth-order valence-electron chi connectivity index (χ4n) is 2.61. The van der Waals surface area contributed by atoms with Gasteiger partial charge in [0.2, 0.25) is 0 Å². The van der Waals surface area contributed by atoms with Crippen LogP contribution in [0.15, 0.2) is 0 Å². The minimum Gasteiger partial charge on any atom is -0.393 e. The van der Waals surface area contributed by atoms with Crippen molar-refractivity contribution in [2.45, 2.75) is 58.3 Å². The summed E-state index contributed by atoms with van der Waals surface area (Å²) in [5.74, 6) is 0.471. The van der Waals surface area contributed by atoms with Gasteiger partial charge >= 0.3 is 0 Å². The predicted octanol–water partition coefficient (Wildman–Crippen LogP) is 3.35. The van der Waals surface area contributed by atoms with E-state index in [4.69, 9.17) is 18.0 Å². The second-order valence-electron chi connectivity index (χ2n) is 5.31. The Morgan fingerprint density at radius 2 is 1.94 bits per heavy atom. The highest BCUT2D eigenvalue weighted by atomic mass is 32.1. The number of nitrogens with two attached hydrogens (primary N) is 1. The lowest BCUT2D eigenvalue weighted by Crippen LogP contribution is -2.40. The maximum absolute atomic E-state index is 5.74. The average molecular weight is 256 g/mol. The molecule has 0 amide bonds. The Bertz CT molecular complexity index is 218. The standard InChI is InChI=1S/C14H28N2S/c1-2-3-4-5-6-7-10-16-11-8-9-13(12-16)14(15)17/h13H,2-12H2,1H3,(H2,15,17). The van der Waals surface area contributed by atoms with Crippen molar-refractivity contribution in [3.63, 3.8) is 0 Å². The highest BCUT2D eigenvalue weighted by Crippen LogP contribution is 2.17. The van der Waals surface area contributed by atoms with Crippen LogP contribution in [0, 0.1) is 5.92 Å². The van der Waals surface area contributed by atoms with Gasteiger partial charge in [-0.25, -0.2) is 0 Å². The summed E-state index contributed by atoms with van der Waals surface area (Å²) < 4.78 is 0. The molecule has 3 heteroatoms. The summed E-state index contributed by atoms with van der Waals surface area (Å²) in [5.41, 5.74) is 5.74. The predicted molar refractivity (Wildman–Crippen MR) is 79.3 cm³/mol. The molecule has 2 N–H and O–H groups in total. The maximum atomic E-state index is 5.74. The van der Waals surface area contributed by atoms with Gasteiger partial charge in [-0.1, -0.05) is 51.2 Å². The molecule has 1 fully saturated rings. The van der Waals surface area contributed by atoms with E-state index in [0.717, 1.165) is 11.5 Å². The smallest absolute Gasteiger partial charge is 0.0771 e. The van der Waals surface area contributed by atoms with E-state index in [0.29, 0.717) is 5.92 Å². The molecule has 1 heterocycles. The highest BCUT2D eigenvalue weighted by Gasteiger charge is 2.20. The van der Waals surface area contributed by atoms with E-state index >= 15 is 0 Å². The molecule has 17 heavy (non-hydrogen) atoms. The first-order chi connectivity index (χ1) is 8.24. The summed E-state index contributed by atoms with van der Waals surface area (Å²) in [5, 5.41) is 0. The quantitative estimate of drug-likeness (QED) is 0.533. The molecule has 0 saturated carbocycles. The number of likely N-dealkylation sites (tertiary alicyclic amines) is 1. The van der Waals surface area contributed by atoms with E-state index in [1.807, 2.05) is 0 Å². The molecule has 1 aliphatic rings. The number of rotatable bonds is 8. The Kier molecular flexibility index (Phi) is 7.78. The largest absolute Gasteiger partial charge is 0.393 e. The van der Waals surface area contributed by atoms with Crippen molar-refractivity contribution in [3.8, 4) is 0 Å². The third kappa shape index (κ3) is 6.37. The zero-order valence-electron chi connectivity index (χ0n) is 11.3. The van der Waals surface area contributed by atoms with Gasteiger partial charge in [-0.15, -0.1) is 0 Å². The fourth-order valence-corrected chi connectivity index (χ4v) is 2.80. The first-order valence-corrected chi connectivity index (χ1v) is 7.66. The van der Waals surface area contributed by atoms with E-state index in [2.05, 4.69) is 11.8 Å². The van der Waals surface area contributed by atoms with E-state index in [-0.39, 0.29) is 0 Å². The molecule has 2 nitrogen and oxygen atoms in total. The van der Waals surface area contributed by atoms with Crippen LogP contribution in [0.1, 0.15) is 58.3 Å². The van der Waals surface area contributed by atoms with E-state index < -0.39 is 0 Å². The van der Waals surface area contributed by atoms with Gasteiger partial charge in [0.05, 0.1) is 4.99 Å². The molecule has 0 radical (unpaired) electrons. The van der Waals surface area contributed by atoms with Gasteiger partial charge in [-0.3, -0.25) is 0 Å². The third-order valence-corrected chi connectivity index (χ3v) is 4.07. The van der Waals surface area contributed by atoms with Crippen LogP contribution in [0.3, 0.4) is 0 Å². The second-order valence-corrected chi connectivity index (χ2v) is 5.78. The number of hydrogen-bond donors (Lipinski definition) is 1. The van der Waals surface area contributed by atoms with Crippen molar-refractivity contribution >= 4 is 17.2 Å². The lowest BCUT2D eigenvalue weighted by Gasteiger charge is -2.32. The fraction of sp³-hybridized carbons (Fsp3) is 0.929. The Hall–Kier alpha value is -0.150. The zero-order chi connectivity index (χ0) is 12.5. The summed E-state index contributed by atoms with van der Waals surface area (Å²) in [4.78, 5) is 3.27. The van der Waals surface area contributed by atoms with Crippen LogP contribution in [-0.2, 0) is 0 Å². The van der Waals surface area contributed by atoms with Crippen LogP contribution in [-0.4, -0.2) is 29.5 Å². The van der Waals surface area contributed by atoms with Crippen molar-refractivity contribution in [1.82, 2.24) is 4.90 Å². The van der Waals surface area contributed by atoms with Crippen LogP contribution in [0.25, 0.3) is 0 Å². The molecule has 0 aromatic carbocycles. The Morgan fingerprint density at radius 1 is 1.24 bits per heavy atom. The van der Waals surface area contributed by atoms with Gasteiger partial charge in [0.1, 0.15) is 0 Å². The van der Waals surface area contributed by atoms with Crippen LogP contribution >= 0.6 is 12.2 Å². The minimum atomic E-state index is 0.471. The molecule has 1 aliphatic heterocycles. The minimum absolute atomic E-state index is 0.471. The molecule has 0 aromatic rings. The Balaban J connectivity index is 2.04. The van der Waals surface area contributed by atoms with Crippen molar-refractivity contribution < 1.29 is 0 Å². The molecule has 1 atom stereocenters. The topological polar surface area (TPSA) is 29.3 Å². The summed E-state index contributed by atoms with van der Waals surface area (Å²) in [7, 11) is 0. The second kappa shape index (κ2) is 8.87. The first kappa shape index (κ1) is 14.9. The molecule has 0 spiro atoms. The molecule has 0 aromatic heterocycles. The van der Waals surface area contributed by atoms with Crippen LogP contribution in [0.5, 0.6) is 0 Å². The molecule has 0 aliphatic carbocycles. The van der Waals surface area contributed by atoms with Gasteiger partial charge in [0, 0.05) is 12.5 Å². The molecule has 1 unspecified atom stereocenters. The molecule has 1 rings (SSSR count). The Labute approximate surface area is 112 Å². The van der Waals surface area contributed by atoms with Crippen molar-refractivity contribution in [1.29, 1.82) is 0 Å². The first-order valence-electron chi connectivity index (χ1n) is 7.25. The van der Waals surface area contributed by atoms with Crippen molar-refractivity contribution in [2.24, 2.45) is 11.7 Å². The Morgan fingerprint density at radius 3 is 2.65 bits per heavy atom. The van der Waals surface area contributed by atoms with Crippen LogP contribution in [0.4, 0.5) is 0 Å². The molecule has 0 bridgehead atoms. The van der Waals surface area contributed by atoms with E-state index in [1.165, 1.54) is 64.5 Å². The summed E-state index contributed by atoms with van der Waals surface area (Å²) in [6.45, 7) is 5.85. The van der Waals surface area contributed by atoms with Crippen LogP contribution < -0.4 is 5.73 Å². The van der Waals surface area contributed by atoms with Gasteiger partial charge < -0.3 is 10.6 Å². The van der Waals surface area contributed by atoms with Crippen molar-refractivity contribution in [3.05, 3.63) is 0 Å². The van der Waals surface area contributed by atoms with Crippen LogP contribution in [0.2, 0.25) is 0 Å². The summed E-state index contributed by atoms with van der Waals surface area (Å²) >= 11 is 5.10. The number of piperidine rings is 1. The normalized spacial score (nSPS) is 21.6.